The third-order valence-corrected chi connectivity index (χ3v) is 7.28. The molecule has 1 nitrogen and oxygen atoms in total. The number of aromatic nitrogens is 1. The monoisotopic (exact) mass is 335 g/mol. The largest absolute Gasteiger partial charge is 0.265 e. The lowest BCUT2D eigenvalue weighted by atomic mass is 9.66. The molecule has 2 aliphatic carbocycles. The molecule has 0 spiro atoms. The molecular weight excluding hydrogens is 310 g/mol. The summed E-state index contributed by atoms with van der Waals surface area (Å²) in [6.07, 6.45) is 14.1. The third-order valence-electron chi connectivity index (χ3n) is 5.74. The van der Waals surface area contributed by atoms with E-state index >= 15 is 0 Å². The van der Waals surface area contributed by atoms with Crippen LogP contribution in [0.2, 0.25) is 0 Å². The first kappa shape index (κ1) is 14.6. The molecular formula is C18H26BrN. The molecule has 5 atom stereocenters. The van der Waals surface area contributed by atoms with Gasteiger partial charge in [-0.25, -0.2) is 0 Å². The maximum Gasteiger partial charge on any atom is 0.0270 e. The molecule has 1 heterocycles. The number of alkyl halides is 1. The average Bonchev–Trinajstić information content (AvgIpc) is 2.54. The molecule has 0 aliphatic heterocycles. The van der Waals surface area contributed by atoms with E-state index in [1.54, 1.807) is 0 Å². The van der Waals surface area contributed by atoms with Crippen LogP contribution in [0.4, 0.5) is 0 Å². The van der Waals surface area contributed by atoms with E-state index in [4.69, 9.17) is 0 Å². The van der Waals surface area contributed by atoms with Crippen LogP contribution in [0.1, 0.15) is 63.4 Å². The van der Waals surface area contributed by atoms with Crippen LogP contribution in [-0.4, -0.2) is 9.81 Å². The lowest BCUT2D eigenvalue weighted by Crippen LogP contribution is -2.33. The summed E-state index contributed by atoms with van der Waals surface area (Å²) in [5.74, 6) is 3.52. The fraction of sp³-hybridized carbons (Fsp3) is 0.722. The maximum absolute atomic E-state index is 4.14. The van der Waals surface area contributed by atoms with Crippen molar-refractivity contribution in [1.82, 2.24) is 4.98 Å². The van der Waals surface area contributed by atoms with Crippen molar-refractivity contribution >= 4 is 15.9 Å². The number of hydrogen-bond donors (Lipinski definition) is 0. The van der Waals surface area contributed by atoms with Gasteiger partial charge in [-0.05, 0) is 60.6 Å². The number of halogens is 1. The minimum absolute atomic E-state index is 0.586. The summed E-state index contributed by atoms with van der Waals surface area (Å²) >= 11 is 4.04. The second-order valence-corrected chi connectivity index (χ2v) is 7.95. The van der Waals surface area contributed by atoms with Crippen molar-refractivity contribution in [3.8, 4) is 0 Å². The second kappa shape index (κ2) is 6.60. The summed E-state index contributed by atoms with van der Waals surface area (Å²) in [4.78, 5) is 4.76. The first-order chi connectivity index (χ1) is 9.75. The van der Waals surface area contributed by atoms with Gasteiger partial charge < -0.3 is 0 Å². The Bertz CT molecular complexity index is 419. The molecule has 20 heavy (non-hydrogen) atoms. The Labute approximate surface area is 131 Å². The fourth-order valence-corrected chi connectivity index (χ4v) is 5.24. The summed E-state index contributed by atoms with van der Waals surface area (Å²) in [7, 11) is 0. The predicted molar refractivity (Wildman–Crippen MR) is 88.2 cm³/mol. The van der Waals surface area contributed by atoms with Crippen LogP contribution < -0.4 is 0 Å². The van der Waals surface area contributed by atoms with Crippen LogP contribution in [0, 0.1) is 17.8 Å². The normalized spacial score (nSPS) is 33.2. The predicted octanol–water partition coefficient (Wildman–Crippen LogP) is 5.56. The van der Waals surface area contributed by atoms with E-state index in [0.717, 1.165) is 17.8 Å². The van der Waals surface area contributed by atoms with Gasteiger partial charge in [0.15, 0.2) is 0 Å². The van der Waals surface area contributed by atoms with Crippen LogP contribution in [0.5, 0.6) is 0 Å². The molecule has 5 unspecified atom stereocenters. The maximum atomic E-state index is 4.14. The van der Waals surface area contributed by atoms with Crippen LogP contribution in [0.25, 0.3) is 0 Å². The number of nitrogens with zero attached hydrogens (tertiary/aromatic N) is 1. The molecule has 0 bridgehead atoms. The Hall–Kier alpha value is -0.370. The van der Waals surface area contributed by atoms with Crippen molar-refractivity contribution in [3.63, 3.8) is 0 Å². The lowest BCUT2D eigenvalue weighted by Gasteiger charge is -2.42. The van der Waals surface area contributed by atoms with Gasteiger partial charge in [0.05, 0.1) is 0 Å². The van der Waals surface area contributed by atoms with Crippen LogP contribution >= 0.6 is 15.9 Å². The van der Waals surface area contributed by atoms with Crippen molar-refractivity contribution in [2.24, 2.45) is 17.8 Å². The Morgan fingerprint density at radius 2 is 1.75 bits per heavy atom. The Morgan fingerprint density at radius 3 is 2.50 bits per heavy atom. The van der Waals surface area contributed by atoms with Gasteiger partial charge in [0, 0.05) is 17.2 Å². The highest BCUT2D eigenvalue weighted by Gasteiger charge is 2.36. The molecule has 0 amide bonds. The SMILES string of the molecule is CC(c1ccncc1)C(Br)C1CCC2CCCCC2C1. The Kier molecular flexibility index (Phi) is 4.80. The van der Waals surface area contributed by atoms with Crippen molar-refractivity contribution in [1.29, 1.82) is 0 Å². The molecule has 2 aliphatic rings. The van der Waals surface area contributed by atoms with E-state index in [1.807, 2.05) is 12.4 Å². The molecule has 2 heteroatoms. The zero-order valence-corrected chi connectivity index (χ0v) is 14.1. The molecule has 3 rings (SSSR count). The van der Waals surface area contributed by atoms with E-state index in [-0.39, 0.29) is 0 Å². The third kappa shape index (κ3) is 3.10. The molecule has 1 aromatic rings. The highest BCUT2D eigenvalue weighted by atomic mass is 79.9. The highest BCUT2D eigenvalue weighted by Crippen LogP contribution is 2.46. The molecule has 0 aromatic carbocycles. The minimum atomic E-state index is 0.586. The van der Waals surface area contributed by atoms with Crippen LogP contribution in [-0.2, 0) is 0 Å². The summed E-state index contributed by atoms with van der Waals surface area (Å²) in [6, 6.07) is 4.34. The lowest BCUT2D eigenvalue weighted by molar-refractivity contribution is 0.126. The van der Waals surface area contributed by atoms with Crippen LogP contribution in [0.3, 0.4) is 0 Å². The number of hydrogen-bond acceptors (Lipinski definition) is 1. The van der Waals surface area contributed by atoms with Crippen molar-refractivity contribution in [2.45, 2.75) is 62.6 Å². The van der Waals surface area contributed by atoms with Gasteiger partial charge in [0.1, 0.15) is 0 Å². The first-order valence-electron chi connectivity index (χ1n) is 8.29. The van der Waals surface area contributed by atoms with Crippen molar-refractivity contribution in [3.05, 3.63) is 30.1 Å². The quantitative estimate of drug-likeness (QED) is 0.659. The molecule has 0 N–H and O–H groups in total. The average molecular weight is 336 g/mol. The van der Waals surface area contributed by atoms with Crippen molar-refractivity contribution < 1.29 is 0 Å². The van der Waals surface area contributed by atoms with Gasteiger partial charge in [0.25, 0.3) is 0 Å². The molecule has 1 aromatic heterocycles. The molecule has 110 valence electrons. The van der Waals surface area contributed by atoms with E-state index < -0.39 is 0 Å². The summed E-state index contributed by atoms with van der Waals surface area (Å²) in [5.41, 5.74) is 1.42. The van der Waals surface area contributed by atoms with Gasteiger partial charge in [0.2, 0.25) is 0 Å². The van der Waals surface area contributed by atoms with Gasteiger partial charge in [-0.15, -0.1) is 0 Å². The molecule has 2 saturated carbocycles. The standard InChI is InChI=1S/C18H26BrN/c1-13(14-8-10-20-11-9-14)18(19)17-7-6-15-4-2-3-5-16(15)12-17/h8-11,13,15-18H,2-7,12H2,1H3. The Balaban J connectivity index is 1.64. The van der Waals surface area contributed by atoms with E-state index in [1.165, 1.54) is 50.5 Å². The zero-order chi connectivity index (χ0) is 13.9. The van der Waals surface area contributed by atoms with Crippen molar-refractivity contribution in [2.75, 3.05) is 0 Å². The second-order valence-electron chi connectivity index (χ2n) is 6.89. The van der Waals surface area contributed by atoms with Gasteiger partial charge in [-0.3, -0.25) is 4.98 Å². The first-order valence-corrected chi connectivity index (χ1v) is 9.21. The summed E-state index contributed by atoms with van der Waals surface area (Å²) < 4.78 is 0. The van der Waals surface area contributed by atoms with E-state index in [0.29, 0.717) is 10.7 Å². The van der Waals surface area contributed by atoms with E-state index in [2.05, 4.69) is 40.0 Å². The molecule has 0 radical (unpaired) electrons. The number of rotatable bonds is 3. The van der Waals surface area contributed by atoms with Gasteiger partial charge in [-0.1, -0.05) is 48.5 Å². The fourth-order valence-electron chi connectivity index (χ4n) is 4.46. The minimum Gasteiger partial charge on any atom is -0.265 e. The summed E-state index contributed by atoms with van der Waals surface area (Å²) in [5, 5.41) is 0. The molecule has 2 fully saturated rings. The van der Waals surface area contributed by atoms with Crippen LogP contribution in [0.15, 0.2) is 24.5 Å². The van der Waals surface area contributed by atoms with Gasteiger partial charge >= 0.3 is 0 Å². The smallest absolute Gasteiger partial charge is 0.0270 e. The zero-order valence-electron chi connectivity index (χ0n) is 12.5. The van der Waals surface area contributed by atoms with Gasteiger partial charge in [-0.2, -0.15) is 0 Å². The van der Waals surface area contributed by atoms with E-state index in [9.17, 15) is 0 Å². The molecule has 0 saturated heterocycles. The number of fused-ring (bicyclic) bond motifs is 1. The topological polar surface area (TPSA) is 12.9 Å². The highest BCUT2D eigenvalue weighted by molar-refractivity contribution is 9.09. The summed E-state index contributed by atoms with van der Waals surface area (Å²) in [6.45, 7) is 2.36. The Morgan fingerprint density at radius 1 is 1.05 bits per heavy atom. The number of pyridine rings is 1.